The monoisotopic (exact) mass is 461 g/mol. The molecule has 4 unspecified atom stereocenters. The highest BCUT2D eigenvalue weighted by Gasteiger charge is 2.30. The number of aliphatic carboxylic acids is 1. The van der Waals surface area contributed by atoms with Crippen LogP contribution in [0.2, 0.25) is 0 Å². The minimum Gasteiger partial charge on any atom is -0.480 e. The van der Waals surface area contributed by atoms with Crippen molar-refractivity contribution >= 4 is 34.6 Å². The number of aliphatic hydroxyl groups excluding tert-OH is 1. The van der Waals surface area contributed by atoms with E-state index in [4.69, 9.17) is 10.8 Å². The molecule has 3 amide bonds. The van der Waals surface area contributed by atoms with Crippen molar-refractivity contribution in [2.45, 2.75) is 51.4 Å². The summed E-state index contributed by atoms with van der Waals surface area (Å²) in [6, 6.07) is 3.08. The summed E-state index contributed by atoms with van der Waals surface area (Å²) in [5.74, 6) is -3.71. The molecule has 180 valence electrons. The quantitative estimate of drug-likeness (QED) is 0.229. The summed E-state index contributed by atoms with van der Waals surface area (Å²) in [5, 5.41) is 26.5. The zero-order valence-corrected chi connectivity index (χ0v) is 18.8. The van der Waals surface area contributed by atoms with E-state index in [1.165, 1.54) is 6.92 Å². The lowest BCUT2D eigenvalue weighted by Gasteiger charge is -2.26. The van der Waals surface area contributed by atoms with Gasteiger partial charge in [-0.15, -0.1) is 0 Å². The van der Waals surface area contributed by atoms with Gasteiger partial charge in [-0.2, -0.15) is 0 Å². The molecule has 0 spiro atoms. The van der Waals surface area contributed by atoms with E-state index in [-0.39, 0.29) is 12.3 Å². The predicted molar refractivity (Wildman–Crippen MR) is 121 cm³/mol. The van der Waals surface area contributed by atoms with Crippen LogP contribution in [0.1, 0.15) is 26.3 Å². The number of hydrogen-bond donors (Lipinski definition) is 7. The number of aromatic amines is 1. The average Bonchev–Trinajstić information content (AvgIpc) is 3.17. The molecule has 11 heteroatoms. The van der Waals surface area contributed by atoms with Gasteiger partial charge in [0.15, 0.2) is 0 Å². The second-order valence-corrected chi connectivity index (χ2v) is 8.21. The van der Waals surface area contributed by atoms with Gasteiger partial charge in [0.2, 0.25) is 17.7 Å². The Bertz CT molecular complexity index is 1000. The highest BCUT2D eigenvalue weighted by molar-refractivity contribution is 5.94. The molecule has 0 fully saturated rings. The normalized spacial score (nSPS) is 14.8. The lowest BCUT2D eigenvalue weighted by atomic mass is 10.0. The van der Waals surface area contributed by atoms with Crippen molar-refractivity contribution in [3.63, 3.8) is 0 Å². The summed E-state index contributed by atoms with van der Waals surface area (Å²) in [5.41, 5.74) is 7.88. The molecule has 8 N–H and O–H groups in total. The van der Waals surface area contributed by atoms with Crippen LogP contribution in [0.3, 0.4) is 0 Å². The number of carboxylic acid groups (broad SMARTS) is 1. The predicted octanol–water partition coefficient (Wildman–Crippen LogP) is -0.755. The summed E-state index contributed by atoms with van der Waals surface area (Å²) in [6.45, 7) is 3.91. The Morgan fingerprint density at radius 2 is 1.67 bits per heavy atom. The van der Waals surface area contributed by atoms with Crippen LogP contribution in [-0.4, -0.2) is 69.7 Å². The number of carbonyl (C=O) groups is 4. The Balaban J connectivity index is 2.02. The molecule has 2 aromatic rings. The number of H-pyrrole nitrogens is 1. The van der Waals surface area contributed by atoms with Crippen LogP contribution in [0.5, 0.6) is 0 Å². The molecule has 33 heavy (non-hydrogen) atoms. The fourth-order valence-electron chi connectivity index (χ4n) is 3.26. The standard InChI is InChI=1S/C22H31N5O6/c1-11(2)18(21(31)26-17(10-28)20(30)25-12(3)22(32)33)27-19(29)15(23)8-13-9-24-16-7-5-4-6-14(13)16/h4-7,9,11-12,15,17-18,24,28H,8,10,23H2,1-3H3,(H,25,30)(H,26,31)(H,27,29)(H,32,33). The number of rotatable bonds is 11. The molecule has 1 aromatic heterocycles. The molecule has 1 heterocycles. The van der Waals surface area contributed by atoms with E-state index in [0.717, 1.165) is 16.5 Å². The Hall–Kier alpha value is -3.44. The topological polar surface area (TPSA) is 187 Å². The van der Waals surface area contributed by atoms with E-state index >= 15 is 0 Å². The molecule has 0 bridgehead atoms. The zero-order valence-electron chi connectivity index (χ0n) is 18.8. The second kappa shape index (κ2) is 11.4. The maximum Gasteiger partial charge on any atom is 0.325 e. The van der Waals surface area contributed by atoms with E-state index in [1.807, 2.05) is 24.3 Å². The number of nitrogens with two attached hydrogens (primary N) is 1. The van der Waals surface area contributed by atoms with Crippen molar-refractivity contribution < 1.29 is 29.4 Å². The van der Waals surface area contributed by atoms with Crippen LogP contribution in [-0.2, 0) is 25.6 Å². The van der Waals surface area contributed by atoms with Gasteiger partial charge >= 0.3 is 5.97 Å². The summed E-state index contributed by atoms with van der Waals surface area (Å²) in [7, 11) is 0. The maximum atomic E-state index is 12.7. The van der Waals surface area contributed by atoms with Crippen molar-refractivity contribution in [2.75, 3.05) is 6.61 Å². The number of carbonyl (C=O) groups excluding carboxylic acids is 3. The van der Waals surface area contributed by atoms with Crippen molar-refractivity contribution in [2.24, 2.45) is 11.7 Å². The third kappa shape index (κ3) is 6.77. The van der Waals surface area contributed by atoms with Gasteiger partial charge in [-0.25, -0.2) is 0 Å². The highest BCUT2D eigenvalue weighted by Crippen LogP contribution is 2.18. The molecule has 11 nitrogen and oxygen atoms in total. The molecule has 0 saturated heterocycles. The number of fused-ring (bicyclic) bond motifs is 1. The molecule has 0 aliphatic heterocycles. The second-order valence-electron chi connectivity index (χ2n) is 8.21. The zero-order chi connectivity index (χ0) is 24.7. The van der Waals surface area contributed by atoms with Gasteiger partial charge < -0.3 is 36.9 Å². The Morgan fingerprint density at radius 3 is 2.27 bits per heavy atom. The minimum absolute atomic E-state index is 0.247. The molecule has 0 radical (unpaired) electrons. The Kier molecular flexibility index (Phi) is 8.94. The van der Waals surface area contributed by atoms with Crippen molar-refractivity contribution in [3.8, 4) is 0 Å². The highest BCUT2D eigenvalue weighted by atomic mass is 16.4. The number of benzene rings is 1. The smallest absolute Gasteiger partial charge is 0.325 e. The number of hydrogen-bond acceptors (Lipinski definition) is 6. The summed E-state index contributed by atoms with van der Waals surface area (Å²) >= 11 is 0. The van der Waals surface area contributed by atoms with Crippen molar-refractivity contribution in [3.05, 3.63) is 36.0 Å². The molecule has 0 saturated carbocycles. The number of nitrogens with one attached hydrogen (secondary N) is 4. The van der Waals surface area contributed by atoms with Gasteiger partial charge in [0.1, 0.15) is 18.1 Å². The molecule has 4 atom stereocenters. The first-order valence-electron chi connectivity index (χ1n) is 10.6. The lowest BCUT2D eigenvalue weighted by Crippen LogP contribution is -2.59. The number of para-hydroxylation sites is 1. The fraction of sp³-hybridized carbons (Fsp3) is 0.455. The summed E-state index contributed by atoms with van der Waals surface area (Å²) < 4.78 is 0. The van der Waals surface area contributed by atoms with Crippen LogP contribution >= 0.6 is 0 Å². The Labute approximate surface area is 191 Å². The SMILES string of the molecule is CC(NC(=O)C(CO)NC(=O)C(NC(=O)C(N)Cc1c[nH]c2ccccc12)C(C)C)C(=O)O. The van der Waals surface area contributed by atoms with Gasteiger partial charge in [0.25, 0.3) is 0 Å². The van der Waals surface area contributed by atoms with E-state index in [9.17, 15) is 24.3 Å². The third-order valence-corrected chi connectivity index (χ3v) is 5.24. The number of aliphatic hydroxyl groups is 1. The third-order valence-electron chi connectivity index (χ3n) is 5.24. The van der Waals surface area contributed by atoms with Gasteiger partial charge in [0.05, 0.1) is 12.6 Å². The van der Waals surface area contributed by atoms with Crippen LogP contribution < -0.4 is 21.7 Å². The van der Waals surface area contributed by atoms with Gasteiger partial charge in [0, 0.05) is 17.1 Å². The Morgan fingerprint density at radius 1 is 1.00 bits per heavy atom. The van der Waals surface area contributed by atoms with Crippen LogP contribution in [0.15, 0.2) is 30.5 Å². The van der Waals surface area contributed by atoms with Gasteiger partial charge in [-0.1, -0.05) is 32.0 Å². The van der Waals surface area contributed by atoms with E-state index < -0.39 is 54.5 Å². The number of aromatic nitrogens is 1. The maximum absolute atomic E-state index is 12.7. The fourth-order valence-corrected chi connectivity index (χ4v) is 3.26. The van der Waals surface area contributed by atoms with Crippen LogP contribution in [0.25, 0.3) is 10.9 Å². The molecule has 0 aliphatic rings. The molecular formula is C22H31N5O6. The average molecular weight is 462 g/mol. The first-order chi connectivity index (χ1) is 15.5. The largest absolute Gasteiger partial charge is 0.480 e. The van der Waals surface area contributed by atoms with E-state index in [2.05, 4.69) is 20.9 Å². The number of carboxylic acids is 1. The first kappa shape index (κ1) is 25.8. The summed E-state index contributed by atoms with van der Waals surface area (Å²) in [4.78, 5) is 51.7. The van der Waals surface area contributed by atoms with Gasteiger partial charge in [-0.05, 0) is 30.9 Å². The van der Waals surface area contributed by atoms with Crippen molar-refractivity contribution in [1.29, 1.82) is 0 Å². The minimum atomic E-state index is -1.38. The molecular weight excluding hydrogens is 430 g/mol. The van der Waals surface area contributed by atoms with Gasteiger partial charge in [-0.3, -0.25) is 19.2 Å². The van der Waals surface area contributed by atoms with E-state index in [1.54, 1.807) is 20.0 Å². The number of amides is 3. The molecule has 0 aliphatic carbocycles. The lowest BCUT2D eigenvalue weighted by molar-refractivity contribution is -0.142. The van der Waals surface area contributed by atoms with E-state index in [0.29, 0.717) is 0 Å². The molecule has 2 rings (SSSR count). The van der Waals surface area contributed by atoms with Crippen LogP contribution in [0, 0.1) is 5.92 Å². The summed E-state index contributed by atoms with van der Waals surface area (Å²) in [6.07, 6.45) is 2.03. The molecule has 1 aromatic carbocycles. The first-order valence-corrected chi connectivity index (χ1v) is 10.6. The van der Waals surface area contributed by atoms with Crippen LogP contribution in [0.4, 0.5) is 0 Å². The van der Waals surface area contributed by atoms with Crippen molar-refractivity contribution in [1.82, 2.24) is 20.9 Å².